The van der Waals surface area contributed by atoms with Crippen LogP contribution in [-0.4, -0.2) is 18.5 Å². The van der Waals surface area contributed by atoms with Gasteiger partial charge in [-0.3, -0.25) is 4.79 Å². The van der Waals surface area contributed by atoms with Gasteiger partial charge in [-0.15, -0.1) is 0 Å². The average molecular weight is 154 g/mol. The van der Waals surface area contributed by atoms with Crippen LogP contribution in [0.1, 0.15) is 25.7 Å². The van der Waals surface area contributed by atoms with Crippen LogP contribution in [0.4, 0.5) is 0 Å². The third-order valence-corrected chi connectivity index (χ3v) is 3.02. The minimum atomic E-state index is -0.0561. The van der Waals surface area contributed by atoms with Crippen molar-refractivity contribution >= 4 is 5.91 Å². The van der Waals surface area contributed by atoms with Gasteiger partial charge in [-0.05, 0) is 25.7 Å². The van der Waals surface area contributed by atoms with Crippen molar-refractivity contribution in [2.45, 2.75) is 31.7 Å². The maximum atomic E-state index is 11.4. The van der Waals surface area contributed by atoms with Crippen LogP contribution in [0.15, 0.2) is 0 Å². The highest BCUT2D eigenvalue weighted by Crippen LogP contribution is 2.42. The topological polar surface area (TPSA) is 55.1 Å². The molecule has 2 rings (SSSR count). The second kappa shape index (κ2) is 2.21. The van der Waals surface area contributed by atoms with Crippen molar-refractivity contribution in [2.75, 3.05) is 6.54 Å². The molecule has 1 spiro atoms. The van der Waals surface area contributed by atoms with Crippen LogP contribution in [0, 0.1) is 5.41 Å². The summed E-state index contributed by atoms with van der Waals surface area (Å²) in [4.78, 5) is 11.4. The van der Waals surface area contributed by atoms with E-state index in [4.69, 9.17) is 5.73 Å². The SMILES string of the molecule is N[C@@H]1CC[C@]2(CCNC2=O)C1. The number of hydrogen-bond acceptors (Lipinski definition) is 2. The quantitative estimate of drug-likeness (QED) is 0.516. The molecule has 0 aromatic heterocycles. The summed E-state index contributed by atoms with van der Waals surface area (Å²) in [6.45, 7) is 0.853. The number of carbonyl (C=O) groups excluding carboxylic acids is 1. The summed E-state index contributed by atoms with van der Waals surface area (Å²) in [5, 5.41) is 2.88. The molecule has 2 aliphatic rings. The summed E-state index contributed by atoms with van der Waals surface area (Å²) in [7, 11) is 0. The first-order chi connectivity index (χ1) is 5.23. The van der Waals surface area contributed by atoms with E-state index in [0.717, 1.165) is 32.2 Å². The van der Waals surface area contributed by atoms with E-state index < -0.39 is 0 Å². The van der Waals surface area contributed by atoms with E-state index in [2.05, 4.69) is 5.32 Å². The van der Waals surface area contributed by atoms with Gasteiger partial charge >= 0.3 is 0 Å². The maximum Gasteiger partial charge on any atom is 0.226 e. The molecule has 1 aliphatic heterocycles. The first-order valence-electron chi connectivity index (χ1n) is 4.27. The third kappa shape index (κ3) is 0.948. The van der Waals surface area contributed by atoms with Gasteiger partial charge in [0.05, 0.1) is 5.41 Å². The zero-order valence-corrected chi connectivity index (χ0v) is 6.60. The van der Waals surface area contributed by atoms with Crippen molar-refractivity contribution in [2.24, 2.45) is 11.1 Å². The maximum absolute atomic E-state index is 11.4. The van der Waals surface area contributed by atoms with Crippen LogP contribution in [0.3, 0.4) is 0 Å². The second-order valence-electron chi connectivity index (χ2n) is 3.79. The highest BCUT2D eigenvalue weighted by Gasteiger charge is 2.46. The van der Waals surface area contributed by atoms with Crippen LogP contribution in [0.2, 0.25) is 0 Å². The number of nitrogens with one attached hydrogen (secondary N) is 1. The Balaban J connectivity index is 2.16. The van der Waals surface area contributed by atoms with Gasteiger partial charge in [0.15, 0.2) is 0 Å². The monoisotopic (exact) mass is 154 g/mol. The normalized spacial score (nSPS) is 43.4. The summed E-state index contributed by atoms with van der Waals surface area (Å²) < 4.78 is 0. The zero-order valence-electron chi connectivity index (χ0n) is 6.60. The predicted octanol–water partition coefficient (Wildman–Crippen LogP) is 0.00390. The molecule has 2 fully saturated rings. The number of nitrogens with two attached hydrogens (primary N) is 1. The fourth-order valence-electron chi connectivity index (χ4n) is 2.32. The van der Waals surface area contributed by atoms with Gasteiger partial charge in [0, 0.05) is 12.6 Å². The lowest BCUT2D eigenvalue weighted by molar-refractivity contribution is -0.127. The summed E-state index contributed by atoms with van der Waals surface area (Å²) in [5.41, 5.74) is 5.72. The Kier molecular flexibility index (Phi) is 1.42. The Morgan fingerprint density at radius 2 is 2.36 bits per heavy atom. The van der Waals surface area contributed by atoms with E-state index in [1.165, 1.54) is 0 Å². The van der Waals surface area contributed by atoms with E-state index in [9.17, 15) is 4.79 Å². The lowest BCUT2D eigenvalue weighted by Gasteiger charge is -2.18. The molecular formula is C8H14N2O. The molecule has 1 saturated carbocycles. The van der Waals surface area contributed by atoms with Crippen LogP contribution in [0.5, 0.6) is 0 Å². The second-order valence-corrected chi connectivity index (χ2v) is 3.79. The van der Waals surface area contributed by atoms with Gasteiger partial charge in [-0.1, -0.05) is 0 Å². The van der Waals surface area contributed by atoms with Crippen LogP contribution in [0.25, 0.3) is 0 Å². The van der Waals surface area contributed by atoms with Crippen molar-refractivity contribution in [3.05, 3.63) is 0 Å². The van der Waals surface area contributed by atoms with E-state index >= 15 is 0 Å². The van der Waals surface area contributed by atoms with Crippen LogP contribution >= 0.6 is 0 Å². The molecule has 1 saturated heterocycles. The van der Waals surface area contributed by atoms with Crippen molar-refractivity contribution in [1.29, 1.82) is 0 Å². The molecule has 3 heteroatoms. The molecule has 11 heavy (non-hydrogen) atoms. The number of rotatable bonds is 0. The van der Waals surface area contributed by atoms with Gasteiger partial charge < -0.3 is 11.1 Å². The largest absolute Gasteiger partial charge is 0.356 e. The van der Waals surface area contributed by atoms with Crippen molar-refractivity contribution in [3.8, 4) is 0 Å². The van der Waals surface area contributed by atoms with Crippen molar-refractivity contribution in [1.82, 2.24) is 5.32 Å². The minimum Gasteiger partial charge on any atom is -0.356 e. The summed E-state index contributed by atoms with van der Waals surface area (Å²) in [6.07, 6.45) is 3.92. The Labute approximate surface area is 66.3 Å². The van der Waals surface area contributed by atoms with E-state index in [-0.39, 0.29) is 17.4 Å². The molecule has 3 nitrogen and oxygen atoms in total. The highest BCUT2D eigenvalue weighted by molar-refractivity contribution is 5.85. The minimum absolute atomic E-state index is 0.0561. The Bertz CT molecular complexity index is 193. The molecule has 2 atom stereocenters. The molecular weight excluding hydrogens is 140 g/mol. The van der Waals surface area contributed by atoms with E-state index in [1.54, 1.807) is 0 Å². The number of hydrogen-bond donors (Lipinski definition) is 2. The van der Waals surface area contributed by atoms with Gasteiger partial charge in [-0.2, -0.15) is 0 Å². The summed E-state index contributed by atoms with van der Waals surface area (Å²) in [5.74, 6) is 0.241. The summed E-state index contributed by atoms with van der Waals surface area (Å²) >= 11 is 0. The molecule has 3 N–H and O–H groups in total. The molecule has 0 aromatic carbocycles. The molecule has 0 unspecified atom stereocenters. The van der Waals surface area contributed by atoms with E-state index in [1.807, 2.05) is 0 Å². The van der Waals surface area contributed by atoms with Crippen LogP contribution in [-0.2, 0) is 4.79 Å². The fraction of sp³-hybridized carbons (Fsp3) is 0.875. The lowest BCUT2D eigenvalue weighted by atomic mass is 9.84. The lowest BCUT2D eigenvalue weighted by Crippen LogP contribution is -2.30. The smallest absolute Gasteiger partial charge is 0.226 e. The standard InChI is InChI=1S/C8H14N2O/c9-6-1-2-8(5-6)3-4-10-7(8)11/h6H,1-5,9H2,(H,10,11)/t6-,8+/m1/s1. The predicted molar refractivity (Wildman–Crippen MR) is 41.9 cm³/mol. The first-order valence-corrected chi connectivity index (χ1v) is 4.27. The van der Waals surface area contributed by atoms with Gasteiger partial charge in [0.1, 0.15) is 0 Å². The molecule has 1 heterocycles. The Morgan fingerprint density at radius 1 is 1.55 bits per heavy atom. The van der Waals surface area contributed by atoms with Crippen LogP contribution < -0.4 is 11.1 Å². The molecule has 62 valence electrons. The third-order valence-electron chi connectivity index (χ3n) is 3.02. The Morgan fingerprint density at radius 3 is 2.82 bits per heavy atom. The molecule has 1 aliphatic carbocycles. The Hall–Kier alpha value is -0.570. The zero-order chi connectivity index (χ0) is 7.90. The van der Waals surface area contributed by atoms with Gasteiger partial charge in [0.25, 0.3) is 0 Å². The van der Waals surface area contributed by atoms with E-state index in [0.29, 0.717) is 0 Å². The molecule has 0 bridgehead atoms. The molecule has 1 amide bonds. The number of amides is 1. The average Bonchev–Trinajstić information content (AvgIpc) is 2.46. The van der Waals surface area contributed by atoms with Crippen molar-refractivity contribution in [3.63, 3.8) is 0 Å². The van der Waals surface area contributed by atoms with Gasteiger partial charge in [0.2, 0.25) is 5.91 Å². The summed E-state index contributed by atoms with van der Waals surface area (Å²) in [6, 6.07) is 0.263. The molecule has 0 aromatic rings. The van der Waals surface area contributed by atoms with Gasteiger partial charge in [-0.25, -0.2) is 0 Å². The van der Waals surface area contributed by atoms with Crippen molar-refractivity contribution < 1.29 is 4.79 Å². The highest BCUT2D eigenvalue weighted by atomic mass is 16.2. The number of carbonyl (C=O) groups is 1. The molecule has 0 radical (unpaired) electrons. The fourth-order valence-corrected chi connectivity index (χ4v) is 2.32. The first kappa shape index (κ1) is 7.10.